The van der Waals surface area contributed by atoms with Crippen LogP contribution in [0.1, 0.15) is 20.8 Å². The van der Waals surface area contributed by atoms with Crippen LogP contribution in [0.25, 0.3) is 0 Å². The summed E-state index contributed by atoms with van der Waals surface area (Å²) >= 11 is 0. The van der Waals surface area contributed by atoms with Crippen LogP contribution in [0, 0.1) is 5.92 Å². The lowest BCUT2D eigenvalue weighted by molar-refractivity contribution is -0.137. The van der Waals surface area contributed by atoms with E-state index >= 15 is 0 Å². The zero-order chi connectivity index (χ0) is 16.4. The molecule has 0 aliphatic carbocycles. The van der Waals surface area contributed by atoms with E-state index in [0.29, 0.717) is 12.5 Å². The second-order valence-corrected chi connectivity index (χ2v) is 5.12. The summed E-state index contributed by atoms with van der Waals surface area (Å²) in [4.78, 5) is 35.5. The van der Waals surface area contributed by atoms with Crippen LogP contribution in [-0.4, -0.2) is 67.3 Å². The fourth-order valence-corrected chi connectivity index (χ4v) is 1.42. The third-order valence-corrected chi connectivity index (χ3v) is 2.60. The van der Waals surface area contributed by atoms with Crippen LogP contribution in [0.3, 0.4) is 0 Å². The number of nitrogens with zero attached hydrogens (tertiary/aromatic N) is 1. The van der Waals surface area contributed by atoms with Crippen molar-refractivity contribution in [2.45, 2.75) is 26.8 Å². The van der Waals surface area contributed by atoms with E-state index in [1.165, 1.54) is 7.11 Å². The number of carboxylic acids is 1. The lowest BCUT2D eigenvalue weighted by Gasteiger charge is -2.23. The first-order valence-corrected chi connectivity index (χ1v) is 6.81. The SMILES string of the molecule is COCCN(CC(=O)O)C(=O)NC(C)C(=O)NCC(C)C. The minimum atomic E-state index is -1.13. The molecule has 3 N–H and O–H groups in total. The van der Waals surface area contributed by atoms with Gasteiger partial charge in [0.2, 0.25) is 5.91 Å². The average Bonchev–Trinajstić information content (AvgIpc) is 2.39. The highest BCUT2D eigenvalue weighted by atomic mass is 16.5. The Labute approximate surface area is 124 Å². The molecular weight excluding hydrogens is 278 g/mol. The lowest BCUT2D eigenvalue weighted by Crippen LogP contribution is -2.51. The predicted octanol–water partition coefficient (Wildman–Crippen LogP) is -0.110. The monoisotopic (exact) mass is 303 g/mol. The Kier molecular flexibility index (Phi) is 9.11. The van der Waals surface area contributed by atoms with Crippen LogP contribution >= 0.6 is 0 Å². The molecule has 0 aromatic carbocycles. The van der Waals surface area contributed by atoms with Crippen molar-refractivity contribution in [3.8, 4) is 0 Å². The second-order valence-electron chi connectivity index (χ2n) is 5.12. The van der Waals surface area contributed by atoms with Crippen LogP contribution < -0.4 is 10.6 Å². The molecule has 0 saturated heterocycles. The molecule has 0 fully saturated rings. The van der Waals surface area contributed by atoms with Gasteiger partial charge in [-0.3, -0.25) is 9.59 Å². The van der Waals surface area contributed by atoms with E-state index in [2.05, 4.69) is 10.6 Å². The van der Waals surface area contributed by atoms with Crippen molar-refractivity contribution < 1.29 is 24.2 Å². The van der Waals surface area contributed by atoms with Gasteiger partial charge in [-0.25, -0.2) is 4.79 Å². The average molecular weight is 303 g/mol. The van der Waals surface area contributed by atoms with Crippen LogP contribution in [-0.2, 0) is 14.3 Å². The van der Waals surface area contributed by atoms with Gasteiger partial charge in [0.05, 0.1) is 6.61 Å². The standard InChI is InChI=1S/C13H25N3O5/c1-9(2)7-14-12(19)10(3)15-13(20)16(5-6-21-4)8-11(17)18/h9-10H,5-8H2,1-4H3,(H,14,19)(H,15,20)(H,17,18). The summed E-state index contributed by atoms with van der Waals surface area (Å²) in [6.07, 6.45) is 0. The Morgan fingerprint density at radius 2 is 1.86 bits per heavy atom. The fourth-order valence-electron chi connectivity index (χ4n) is 1.42. The molecule has 3 amide bonds. The highest BCUT2D eigenvalue weighted by Crippen LogP contribution is 1.94. The van der Waals surface area contributed by atoms with Crippen molar-refractivity contribution in [3.63, 3.8) is 0 Å². The number of hydrogen-bond donors (Lipinski definition) is 3. The van der Waals surface area contributed by atoms with Crippen LogP contribution in [0.2, 0.25) is 0 Å². The Morgan fingerprint density at radius 3 is 2.33 bits per heavy atom. The first-order chi connectivity index (χ1) is 9.77. The fraction of sp³-hybridized carbons (Fsp3) is 0.769. The topological polar surface area (TPSA) is 108 Å². The Bertz CT molecular complexity index is 360. The Hall–Kier alpha value is -1.83. The summed E-state index contributed by atoms with van der Waals surface area (Å²) in [5, 5.41) is 13.9. The van der Waals surface area contributed by atoms with Crippen LogP contribution in [0.5, 0.6) is 0 Å². The maximum Gasteiger partial charge on any atom is 0.323 e. The molecule has 1 unspecified atom stereocenters. The molecule has 0 bridgehead atoms. The first-order valence-electron chi connectivity index (χ1n) is 6.81. The van der Waals surface area contributed by atoms with E-state index in [9.17, 15) is 14.4 Å². The highest BCUT2D eigenvalue weighted by molar-refractivity contribution is 5.87. The maximum atomic E-state index is 12.0. The van der Waals surface area contributed by atoms with Crippen LogP contribution in [0.4, 0.5) is 4.79 Å². The minimum Gasteiger partial charge on any atom is -0.480 e. The summed E-state index contributed by atoms with van der Waals surface area (Å²) in [5.74, 6) is -1.13. The molecule has 0 saturated carbocycles. The first kappa shape index (κ1) is 19.2. The van der Waals surface area contributed by atoms with Crippen molar-refractivity contribution in [1.29, 1.82) is 0 Å². The predicted molar refractivity (Wildman–Crippen MR) is 76.9 cm³/mol. The van der Waals surface area contributed by atoms with Gasteiger partial charge in [0.1, 0.15) is 12.6 Å². The Morgan fingerprint density at radius 1 is 1.24 bits per heavy atom. The molecule has 0 radical (unpaired) electrons. The molecule has 0 heterocycles. The molecule has 0 spiro atoms. The van der Waals surface area contributed by atoms with Crippen molar-refractivity contribution in [2.75, 3.05) is 33.4 Å². The highest BCUT2D eigenvalue weighted by Gasteiger charge is 2.21. The van der Waals surface area contributed by atoms with Gasteiger partial charge in [0.15, 0.2) is 0 Å². The second kappa shape index (κ2) is 9.98. The summed E-state index contributed by atoms with van der Waals surface area (Å²) in [6, 6.07) is -1.35. The van der Waals surface area contributed by atoms with Crippen molar-refractivity contribution in [1.82, 2.24) is 15.5 Å². The van der Waals surface area contributed by atoms with E-state index in [-0.39, 0.29) is 19.1 Å². The van der Waals surface area contributed by atoms with Crippen molar-refractivity contribution >= 4 is 17.9 Å². The molecular formula is C13H25N3O5. The zero-order valence-corrected chi connectivity index (χ0v) is 13.0. The molecule has 0 aromatic heterocycles. The van der Waals surface area contributed by atoms with Gasteiger partial charge in [0, 0.05) is 20.2 Å². The normalized spacial score (nSPS) is 11.9. The number of carbonyl (C=O) groups excluding carboxylic acids is 2. The number of nitrogens with one attached hydrogen (secondary N) is 2. The zero-order valence-electron chi connectivity index (χ0n) is 13.0. The molecule has 122 valence electrons. The lowest BCUT2D eigenvalue weighted by atomic mass is 10.2. The van der Waals surface area contributed by atoms with Gasteiger partial charge in [-0.1, -0.05) is 13.8 Å². The van der Waals surface area contributed by atoms with Crippen molar-refractivity contribution in [2.24, 2.45) is 5.92 Å². The van der Waals surface area contributed by atoms with Gasteiger partial charge >= 0.3 is 12.0 Å². The quantitative estimate of drug-likeness (QED) is 0.551. The number of carbonyl (C=O) groups is 3. The summed E-state index contributed by atoms with van der Waals surface area (Å²) in [5.41, 5.74) is 0. The smallest absolute Gasteiger partial charge is 0.323 e. The summed E-state index contributed by atoms with van der Waals surface area (Å²) in [7, 11) is 1.46. The third kappa shape index (κ3) is 8.85. The third-order valence-electron chi connectivity index (χ3n) is 2.60. The van der Waals surface area contributed by atoms with E-state index in [1.807, 2.05) is 13.8 Å². The largest absolute Gasteiger partial charge is 0.480 e. The molecule has 8 heteroatoms. The molecule has 8 nitrogen and oxygen atoms in total. The number of hydrogen-bond acceptors (Lipinski definition) is 4. The van der Waals surface area contributed by atoms with Gasteiger partial charge in [0.25, 0.3) is 0 Å². The number of rotatable bonds is 9. The molecule has 1 atom stereocenters. The van der Waals surface area contributed by atoms with Crippen molar-refractivity contribution in [3.05, 3.63) is 0 Å². The molecule has 0 aromatic rings. The van der Waals surface area contributed by atoms with Gasteiger partial charge in [-0.05, 0) is 12.8 Å². The number of urea groups is 1. The van der Waals surface area contributed by atoms with E-state index in [0.717, 1.165) is 4.90 Å². The number of ether oxygens (including phenoxy) is 1. The van der Waals surface area contributed by atoms with Gasteiger partial charge in [-0.2, -0.15) is 0 Å². The number of amides is 3. The van der Waals surface area contributed by atoms with Crippen LogP contribution in [0.15, 0.2) is 0 Å². The van der Waals surface area contributed by atoms with Gasteiger partial charge < -0.3 is 25.4 Å². The Balaban J connectivity index is 4.43. The van der Waals surface area contributed by atoms with E-state index in [1.54, 1.807) is 6.92 Å². The summed E-state index contributed by atoms with van der Waals surface area (Å²) < 4.78 is 4.83. The molecule has 21 heavy (non-hydrogen) atoms. The maximum absolute atomic E-state index is 12.0. The number of methoxy groups -OCH3 is 1. The van der Waals surface area contributed by atoms with E-state index < -0.39 is 24.6 Å². The molecule has 0 aliphatic rings. The number of aliphatic carboxylic acids is 1. The minimum absolute atomic E-state index is 0.134. The number of carboxylic acid groups (broad SMARTS) is 1. The molecule has 0 rings (SSSR count). The van der Waals surface area contributed by atoms with Gasteiger partial charge in [-0.15, -0.1) is 0 Å². The van der Waals surface area contributed by atoms with E-state index in [4.69, 9.17) is 9.84 Å². The summed E-state index contributed by atoms with van der Waals surface area (Å²) in [6.45, 7) is 5.88. The molecule has 0 aliphatic heterocycles.